The molecule has 14 heavy (non-hydrogen) atoms. The number of nitrogens with one attached hydrogen (secondary N) is 1. The number of carbonyl (C=O) groups is 1. The molecular weight excluding hydrogens is 247 g/mol. The molecule has 80 valence electrons. The molecule has 7 heteroatoms. The van der Waals surface area contributed by atoms with E-state index in [1.807, 2.05) is 0 Å². The average molecular weight is 257 g/mol. The van der Waals surface area contributed by atoms with Gasteiger partial charge in [-0.1, -0.05) is 0 Å². The number of thiazole rings is 1. The lowest BCUT2D eigenvalue weighted by atomic mass is 10.2. The van der Waals surface area contributed by atoms with Gasteiger partial charge in [0.1, 0.15) is 0 Å². The van der Waals surface area contributed by atoms with Gasteiger partial charge in [-0.3, -0.25) is 0 Å². The van der Waals surface area contributed by atoms with Crippen LogP contribution >= 0.6 is 36.2 Å². The Morgan fingerprint density at radius 1 is 1.50 bits per heavy atom. The van der Waals surface area contributed by atoms with Crippen molar-refractivity contribution >= 4 is 42.1 Å². The highest BCUT2D eigenvalue weighted by atomic mass is 35.5. The maximum absolute atomic E-state index is 10.5. The topological polar surface area (TPSA) is 62.2 Å². The maximum Gasteiger partial charge on any atom is 0.365 e. The smallest absolute Gasteiger partial charge is 0.365 e. The lowest BCUT2D eigenvalue weighted by molar-refractivity contribution is 0.0696. The number of halogens is 2. The fourth-order valence-electron chi connectivity index (χ4n) is 1.22. The molecule has 0 radical (unpaired) electrons. The summed E-state index contributed by atoms with van der Waals surface area (Å²) in [6.45, 7) is 1.66. The van der Waals surface area contributed by atoms with Crippen LogP contribution in [0.1, 0.15) is 20.4 Å². The summed E-state index contributed by atoms with van der Waals surface area (Å²) in [5, 5.41) is 12.0. The van der Waals surface area contributed by atoms with E-state index in [1.165, 1.54) is 11.3 Å². The van der Waals surface area contributed by atoms with Crippen molar-refractivity contribution in [2.75, 3.05) is 6.54 Å². The van der Waals surface area contributed by atoms with Gasteiger partial charge in [0.2, 0.25) is 5.01 Å². The highest BCUT2D eigenvalue weighted by Gasteiger charge is 2.17. The Morgan fingerprint density at radius 2 is 2.21 bits per heavy atom. The van der Waals surface area contributed by atoms with Crippen molar-refractivity contribution < 1.29 is 9.90 Å². The summed E-state index contributed by atoms with van der Waals surface area (Å²) in [6.07, 6.45) is 0.846. The molecule has 1 aliphatic rings. The van der Waals surface area contributed by atoms with E-state index < -0.39 is 5.97 Å². The molecule has 0 unspecified atom stereocenters. The number of hydrogen-bond acceptors (Lipinski definition) is 4. The van der Waals surface area contributed by atoms with Crippen molar-refractivity contribution in [1.29, 1.82) is 0 Å². The summed E-state index contributed by atoms with van der Waals surface area (Å²) >= 11 is 1.27. The van der Waals surface area contributed by atoms with Crippen molar-refractivity contribution in [2.24, 2.45) is 0 Å². The van der Waals surface area contributed by atoms with Gasteiger partial charge in [0, 0.05) is 24.4 Å². The van der Waals surface area contributed by atoms with Crippen molar-refractivity contribution in [3.63, 3.8) is 0 Å². The zero-order valence-corrected chi connectivity index (χ0v) is 9.60. The Balaban J connectivity index is 0.000000845. The molecule has 0 atom stereocenters. The van der Waals surface area contributed by atoms with E-state index in [2.05, 4.69) is 10.3 Å². The molecule has 1 aromatic rings. The number of hydrogen-bond donors (Lipinski definition) is 2. The summed E-state index contributed by atoms with van der Waals surface area (Å²) < 4.78 is 0. The minimum Gasteiger partial charge on any atom is -0.476 e. The van der Waals surface area contributed by atoms with Crippen LogP contribution < -0.4 is 5.32 Å². The Labute approximate surface area is 97.6 Å². The van der Waals surface area contributed by atoms with Crippen molar-refractivity contribution in [2.45, 2.75) is 13.0 Å². The average Bonchev–Trinajstić information content (AvgIpc) is 2.46. The molecule has 0 spiro atoms. The van der Waals surface area contributed by atoms with Gasteiger partial charge < -0.3 is 10.4 Å². The number of fused-ring (bicyclic) bond motifs is 1. The summed E-state index contributed by atoms with van der Waals surface area (Å²) in [6, 6.07) is 0. The SMILES string of the molecule is Cl.Cl.O=C(O)c1nc2c(s1)CNCC2. The molecule has 4 nitrogen and oxygen atoms in total. The van der Waals surface area contributed by atoms with E-state index in [4.69, 9.17) is 5.11 Å². The first kappa shape index (κ1) is 13.6. The van der Waals surface area contributed by atoms with Gasteiger partial charge in [-0.15, -0.1) is 36.2 Å². The van der Waals surface area contributed by atoms with Gasteiger partial charge in [-0.2, -0.15) is 0 Å². The number of rotatable bonds is 1. The summed E-state index contributed by atoms with van der Waals surface area (Å²) in [5.74, 6) is -0.922. The second-order valence-electron chi connectivity index (χ2n) is 2.62. The lowest BCUT2D eigenvalue weighted by Crippen LogP contribution is -2.22. The Kier molecular flexibility index (Phi) is 5.36. The van der Waals surface area contributed by atoms with Crippen molar-refractivity contribution in [3.8, 4) is 0 Å². The predicted molar refractivity (Wildman–Crippen MR) is 59.0 cm³/mol. The second-order valence-corrected chi connectivity index (χ2v) is 3.70. The molecule has 2 heterocycles. The molecular formula is C7H10Cl2N2O2S. The van der Waals surface area contributed by atoms with E-state index >= 15 is 0 Å². The zero-order chi connectivity index (χ0) is 8.55. The molecule has 0 saturated heterocycles. The van der Waals surface area contributed by atoms with Crippen LogP contribution in [0.3, 0.4) is 0 Å². The number of carboxylic acid groups (broad SMARTS) is 1. The van der Waals surface area contributed by atoms with Crippen molar-refractivity contribution in [1.82, 2.24) is 10.3 Å². The monoisotopic (exact) mass is 256 g/mol. The molecule has 1 aromatic heterocycles. The predicted octanol–water partition coefficient (Wildman–Crippen LogP) is 1.33. The van der Waals surface area contributed by atoms with Gasteiger partial charge in [0.15, 0.2) is 0 Å². The Morgan fingerprint density at radius 3 is 2.79 bits per heavy atom. The first-order chi connectivity index (χ1) is 5.77. The zero-order valence-electron chi connectivity index (χ0n) is 7.15. The quantitative estimate of drug-likeness (QED) is 0.796. The number of aromatic nitrogens is 1. The highest BCUT2D eigenvalue weighted by molar-refractivity contribution is 7.13. The van der Waals surface area contributed by atoms with Crippen LogP contribution in [0.4, 0.5) is 0 Å². The van der Waals surface area contributed by atoms with Crippen LogP contribution in [-0.2, 0) is 13.0 Å². The van der Waals surface area contributed by atoms with Gasteiger partial charge in [0.25, 0.3) is 0 Å². The first-order valence-corrected chi connectivity index (χ1v) is 4.51. The minimum absolute atomic E-state index is 0. The first-order valence-electron chi connectivity index (χ1n) is 3.70. The fraction of sp³-hybridized carbons (Fsp3) is 0.429. The molecule has 0 fully saturated rings. The largest absolute Gasteiger partial charge is 0.476 e. The van der Waals surface area contributed by atoms with Gasteiger partial charge in [0.05, 0.1) is 5.69 Å². The van der Waals surface area contributed by atoms with Crippen molar-refractivity contribution in [3.05, 3.63) is 15.6 Å². The summed E-state index contributed by atoms with van der Waals surface area (Å²) in [5.41, 5.74) is 0.955. The summed E-state index contributed by atoms with van der Waals surface area (Å²) in [7, 11) is 0. The van der Waals surface area contributed by atoms with Crippen LogP contribution in [0.25, 0.3) is 0 Å². The van der Waals surface area contributed by atoms with Crippen LogP contribution in [-0.4, -0.2) is 22.6 Å². The lowest BCUT2D eigenvalue weighted by Gasteiger charge is -2.09. The molecule has 0 aromatic carbocycles. The minimum atomic E-state index is -0.922. The molecule has 2 rings (SSSR count). The Bertz CT molecular complexity index is 306. The highest BCUT2D eigenvalue weighted by Crippen LogP contribution is 2.21. The molecule has 1 aliphatic heterocycles. The second kappa shape index (κ2) is 5.50. The van der Waals surface area contributed by atoms with E-state index in [1.54, 1.807) is 0 Å². The third kappa shape index (κ3) is 2.57. The van der Waals surface area contributed by atoms with Crippen LogP contribution in [0.15, 0.2) is 0 Å². The third-order valence-electron chi connectivity index (χ3n) is 1.79. The van der Waals surface area contributed by atoms with Crippen LogP contribution in [0.5, 0.6) is 0 Å². The third-order valence-corrected chi connectivity index (χ3v) is 2.87. The van der Waals surface area contributed by atoms with E-state index in [0.29, 0.717) is 0 Å². The van der Waals surface area contributed by atoms with E-state index in [9.17, 15) is 4.79 Å². The van der Waals surface area contributed by atoms with Crippen LogP contribution in [0, 0.1) is 0 Å². The standard InChI is InChI=1S/C7H8N2O2S.2ClH/c10-7(11)6-9-4-1-2-8-3-5(4)12-6;;/h8H,1-3H2,(H,10,11);2*1H. The molecule has 0 bridgehead atoms. The molecule has 2 N–H and O–H groups in total. The van der Waals surface area contributed by atoms with Gasteiger partial charge >= 0.3 is 5.97 Å². The Hall–Kier alpha value is -0.360. The molecule has 0 saturated carbocycles. The normalized spacial score (nSPS) is 13.4. The molecule has 0 aliphatic carbocycles. The summed E-state index contributed by atoms with van der Waals surface area (Å²) in [4.78, 5) is 15.6. The number of carboxylic acids is 1. The fourth-order valence-corrected chi connectivity index (χ4v) is 2.13. The number of nitrogens with zero attached hydrogens (tertiary/aromatic N) is 1. The van der Waals surface area contributed by atoms with Gasteiger partial charge in [-0.05, 0) is 0 Å². The number of aromatic carboxylic acids is 1. The molecule has 0 amide bonds. The van der Waals surface area contributed by atoms with Crippen LogP contribution in [0.2, 0.25) is 0 Å². The van der Waals surface area contributed by atoms with Gasteiger partial charge in [-0.25, -0.2) is 9.78 Å². The van der Waals surface area contributed by atoms with E-state index in [-0.39, 0.29) is 29.8 Å². The maximum atomic E-state index is 10.5. The van der Waals surface area contributed by atoms with E-state index in [0.717, 1.165) is 30.1 Å².